The number of aliphatic hydroxyl groups excluding tert-OH is 1. The first kappa shape index (κ1) is 30.3. The van der Waals surface area contributed by atoms with Crippen LogP contribution in [0.25, 0.3) is 11.0 Å². The highest BCUT2D eigenvalue weighted by atomic mass is 16.5. The molecule has 0 aliphatic carbocycles. The summed E-state index contributed by atoms with van der Waals surface area (Å²) in [7, 11) is 0. The SMILES string of the molecule is CC[C@@]12C=CCN(c3ccccc3)C(=O)[C@@H]1[C@H]1C(=O)N([C@@H](CO)CC(C)C)C3C(=O)N(Cn4nnc5ccccc54)CC=C[C@@]31O2. The van der Waals surface area contributed by atoms with Crippen LogP contribution in [0.4, 0.5) is 5.69 Å². The number of ether oxygens (including phenoxy) is 1. The Bertz CT molecular complexity index is 1720. The van der Waals surface area contributed by atoms with E-state index in [1.54, 1.807) is 19.4 Å². The van der Waals surface area contributed by atoms with Crippen LogP contribution in [0.5, 0.6) is 0 Å². The molecule has 2 fully saturated rings. The number of benzene rings is 2. The lowest BCUT2D eigenvalue weighted by molar-refractivity contribution is -0.157. The molecule has 11 heteroatoms. The molecule has 1 N–H and O–H groups in total. The van der Waals surface area contributed by atoms with Crippen molar-refractivity contribution in [2.45, 2.75) is 63.6 Å². The number of amides is 3. The second kappa shape index (κ2) is 11.5. The van der Waals surface area contributed by atoms with Gasteiger partial charge in [0.2, 0.25) is 11.8 Å². The molecule has 240 valence electrons. The van der Waals surface area contributed by atoms with Crippen LogP contribution in [-0.4, -0.2) is 90.6 Å². The monoisotopic (exact) mass is 624 g/mol. The molecule has 4 aliphatic rings. The Morgan fingerprint density at radius 1 is 0.935 bits per heavy atom. The van der Waals surface area contributed by atoms with Crippen LogP contribution in [0.1, 0.15) is 33.6 Å². The summed E-state index contributed by atoms with van der Waals surface area (Å²) >= 11 is 0. The molecule has 0 radical (unpaired) electrons. The normalized spacial score (nSPS) is 29.7. The second-order valence-corrected chi connectivity index (χ2v) is 13.2. The van der Waals surface area contributed by atoms with Gasteiger partial charge in [-0.2, -0.15) is 0 Å². The first-order chi connectivity index (χ1) is 22.2. The van der Waals surface area contributed by atoms with Crippen molar-refractivity contribution in [3.8, 4) is 0 Å². The molecule has 1 spiro atoms. The lowest BCUT2D eigenvalue weighted by Gasteiger charge is -2.41. The minimum atomic E-state index is -1.42. The van der Waals surface area contributed by atoms with Crippen LogP contribution in [0.15, 0.2) is 78.9 Å². The summed E-state index contributed by atoms with van der Waals surface area (Å²) in [6.07, 6.45) is 8.51. The molecular weight excluding hydrogens is 584 g/mol. The zero-order chi connectivity index (χ0) is 32.2. The van der Waals surface area contributed by atoms with E-state index in [1.165, 1.54) is 0 Å². The number of aliphatic hydroxyl groups is 1. The number of para-hydroxylation sites is 2. The quantitative estimate of drug-likeness (QED) is 0.383. The van der Waals surface area contributed by atoms with E-state index in [2.05, 4.69) is 10.3 Å². The number of aromatic nitrogens is 3. The number of hydrogen-bond donors (Lipinski definition) is 1. The summed E-state index contributed by atoms with van der Waals surface area (Å²) in [5, 5.41) is 19.2. The lowest BCUT2D eigenvalue weighted by atomic mass is 9.73. The van der Waals surface area contributed by atoms with Gasteiger partial charge in [-0.05, 0) is 43.0 Å². The van der Waals surface area contributed by atoms with Gasteiger partial charge in [-0.3, -0.25) is 14.4 Å². The van der Waals surface area contributed by atoms with Gasteiger partial charge in [0.05, 0.1) is 35.6 Å². The average molecular weight is 625 g/mol. The number of likely N-dealkylation sites (tertiary alicyclic amines) is 1. The molecule has 0 saturated carbocycles. The second-order valence-electron chi connectivity index (χ2n) is 13.2. The van der Waals surface area contributed by atoms with E-state index in [0.717, 1.165) is 11.2 Å². The maximum atomic E-state index is 14.9. The molecule has 3 amide bonds. The highest BCUT2D eigenvalue weighted by molar-refractivity contribution is 6.04. The van der Waals surface area contributed by atoms with Crippen molar-refractivity contribution in [3.05, 3.63) is 78.9 Å². The summed E-state index contributed by atoms with van der Waals surface area (Å²) in [5.74, 6) is -2.57. The summed E-state index contributed by atoms with van der Waals surface area (Å²) in [6, 6.07) is 15.2. The Balaban J connectivity index is 1.35. The van der Waals surface area contributed by atoms with Crippen LogP contribution in [0.3, 0.4) is 0 Å². The molecule has 5 heterocycles. The predicted molar refractivity (Wildman–Crippen MR) is 171 cm³/mol. The van der Waals surface area contributed by atoms with Gasteiger partial charge in [0.1, 0.15) is 23.8 Å². The first-order valence-electron chi connectivity index (χ1n) is 16.2. The van der Waals surface area contributed by atoms with E-state index in [9.17, 15) is 19.5 Å². The Kier molecular flexibility index (Phi) is 7.56. The van der Waals surface area contributed by atoms with Crippen LogP contribution >= 0.6 is 0 Å². The number of carbonyl (C=O) groups excluding carboxylic acids is 3. The molecular formula is C35H40N6O5. The highest BCUT2D eigenvalue weighted by Gasteiger charge is 2.76. The average Bonchev–Trinajstić information content (AvgIpc) is 3.60. The Morgan fingerprint density at radius 3 is 2.41 bits per heavy atom. The van der Waals surface area contributed by atoms with Crippen LogP contribution in [0.2, 0.25) is 0 Å². The summed E-state index contributed by atoms with van der Waals surface area (Å²) in [6.45, 7) is 6.38. The fourth-order valence-corrected chi connectivity index (χ4v) is 8.11. The van der Waals surface area contributed by atoms with Crippen molar-refractivity contribution in [3.63, 3.8) is 0 Å². The number of nitrogens with zero attached hydrogens (tertiary/aromatic N) is 6. The first-order valence-corrected chi connectivity index (χ1v) is 16.2. The van der Waals surface area contributed by atoms with Gasteiger partial charge < -0.3 is 24.5 Å². The van der Waals surface area contributed by atoms with Crippen LogP contribution in [-0.2, 0) is 25.8 Å². The maximum Gasteiger partial charge on any atom is 0.250 e. The van der Waals surface area contributed by atoms with E-state index in [4.69, 9.17) is 4.74 Å². The summed E-state index contributed by atoms with van der Waals surface area (Å²) in [5.41, 5.74) is -0.290. The Labute approximate surface area is 268 Å². The molecule has 7 rings (SSSR count). The van der Waals surface area contributed by atoms with Gasteiger partial charge >= 0.3 is 0 Å². The third-order valence-corrected chi connectivity index (χ3v) is 10.1. The zero-order valence-corrected chi connectivity index (χ0v) is 26.4. The van der Waals surface area contributed by atoms with Gasteiger partial charge in [-0.15, -0.1) is 5.10 Å². The van der Waals surface area contributed by atoms with E-state index >= 15 is 0 Å². The van der Waals surface area contributed by atoms with E-state index in [0.29, 0.717) is 24.9 Å². The molecule has 2 aromatic carbocycles. The standard InChI is InChI=1S/C35H40N6O5/c1-4-34-16-10-19-39(24-12-6-5-7-13-24)31(43)28(34)29-32(44)41(25(21-42)20-23(2)3)30-33(45)38(18-11-17-35(29,30)46-34)22-40-27-15-9-8-14-26(27)36-37-40/h5-17,23,25,28-30,42H,4,18-22H2,1-3H3/t25-,28+,29+,30?,34-,35+/m1/s1. The molecule has 0 bridgehead atoms. The van der Waals surface area contributed by atoms with Gasteiger partial charge in [-0.1, -0.05) is 80.6 Å². The fraction of sp³-hybridized carbons (Fsp3) is 0.457. The third-order valence-electron chi connectivity index (χ3n) is 10.1. The van der Waals surface area contributed by atoms with E-state index in [1.807, 2.05) is 99.7 Å². The van der Waals surface area contributed by atoms with Crippen molar-refractivity contribution in [1.82, 2.24) is 24.8 Å². The molecule has 1 aromatic heterocycles. The predicted octanol–water partition coefficient (Wildman–Crippen LogP) is 3.16. The molecule has 1 unspecified atom stereocenters. The van der Waals surface area contributed by atoms with E-state index < -0.39 is 35.1 Å². The third kappa shape index (κ3) is 4.51. The molecule has 11 nitrogen and oxygen atoms in total. The van der Waals surface area contributed by atoms with Crippen molar-refractivity contribution in [2.24, 2.45) is 17.8 Å². The lowest BCUT2D eigenvalue weighted by Crippen LogP contribution is -2.59. The fourth-order valence-electron chi connectivity index (χ4n) is 8.11. The minimum absolute atomic E-state index is 0.111. The van der Waals surface area contributed by atoms with Crippen LogP contribution in [0, 0.1) is 17.8 Å². The molecule has 4 aliphatic heterocycles. The Hall–Kier alpha value is -4.35. The van der Waals surface area contributed by atoms with E-state index in [-0.39, 0.29) is 43.5 Å². The molecule has 46 heavy (non-hydrogen) atoms. The molecule has 6 atom stereocenters. The smallest absolute Gasteiger partial charge is 0.250 e. The number of rotatable bonds is 8. The topological polar surface area (TPSA) is 121 Å². The minimum Gasteiger partial charge on any atom is -0.394 e. The summed E-state index contributed by atoms with van der Waals surface area (Å²) in [4.78, 5) is 49.4. The van der Waals surface area contributed by atoms with Crippen molar-refractivity contribution >= 4 is 34.4 Å². The van der Waals surface area contributed by atoms with Gasteiger partial charge in [0.25, 0.3) is 5.91 Å². The molecule has 2 saturated heterocycles. The zero-order valence-electron chi connectivity index (χ0n) is 26.4. The number of carbonyl (C=O) groups is 3. The number of fused-ring (bicyclic) bond motifs is 3. The van der Waals surface area contributed by atoms with Crippen molar-refractivity contribution < 1.29 is 24.2 Å². The van der Waals surface area contributed by atoms with Crippen molar-refractivity contribution in [2.75, 3.05) is 24.6 Å². The van der Waals surface area contributed by atoms with Crippen LogP contribution < -0.4 is 4.90 Å². The largest absolute Gasteiger partial charge is 0.394 e. The van der Waals surface area contributed by atoms with Gasteiger partial charge in [0, 0.05) is 18.8 Å². The summed E-state index contributed by atoms with van der Waals surface area (Å²) < 4.78 is 8.78. The maximum absolute atomic E-state index is 14.9. The highest BCUT2D eigenvalue weighted by Crippen LogP contribution is 2.59. The number of anilines is 1. The van der Waals surface area contributed by atoms with Gasteiger partial charge in [-0.25, -0.2) is 4.68 Å². The number of hydrogen-bond acceptors (Lipinski definition) is 7. The molecule has 3 aromatic rings. The van der Waals surface area contributed by atoms with Gasteiger partial charge in [0.15, 0.2) is 0 Å². The Morgan fingerprint density at radius 2 is 1.67 bits per heavy atom. The van der Waals surface area contributed by atoms with Crippen molar-refractivity contribution in [1.29, 1.82) is 0 Å².